The summed E-state index contributed by atoms with van der Waals surface area (Å²) in [4.78, 5) is 1.86. The van der Waals surface area contributed by atoms with Gasteiger partial charge in [-0.15, -0.1) is 0 Å². The van der Waals surface area contributed by atoms with Crippen LogP contribution in [0.25, 0.3) is 0 Å². The summed E-state index contributed by atoms with van der Waals surface area (Å²) < 4.78 is 5.84. The molecule has 1 unspecified atom stereocenters. The van der Waals surface area contributed by atoms with Crippen LogP contribution in [0.3, 0.4) is 0 Å². The van der Waals surface area contributed by atoms with E-state index in [0.717, 1.165) is 0 Å². The molecule has 0 spiro atoms. The van der Waals surface area contributed by atoms with Crippen molar-refractivity contribution in [3.63, 3.8) is 0 Å². The minimum Gasteiger partial charge on any atom is -0.508 e. The number of rotatable bonds is 3. The number of fused-ring (bicyclic) bond motifs is 1. The fourth-order valence-corrected chi connectivity index (χ4v) is 3.43. The van der Waals surface area contributed by atoms with E-state index >= 15 is 0 Å². The average Bonchev–Trinajstić information content (AvgIpc) is 2.51. The molecule has 25 heavy (non-hydrogen) atoms. The number of phenols is 2. The first-order valence-corrected chi connectivity index (χ1v) is 8.12. The fourth-order valence-electron chi connectivity index (χ4n) is 3.43. The van der Waals surface area contributed by atoms with Gasteiger partial charge >= 0.3 is 0 Å². The van der Waals surface area contributed by atoms with Crippen LogP contribution in [-0.4, -0.2) is 63.3 Å². The largest absolute Gasteiger partial charge is 0.508 e. The number of nitrogens with zero attached hydrogens (tertiary/aromatic N) is 1. The highest BCUT2D eigenvalue weighted by Crippen LogP contribution is 2.41. The first-order chi connectivity index (χ1) is 11.8. The van der Waals surface area contributed by atoms with Gasteiger partial charge in [-0.2, -0.15) is 0 Å². The van der Waals surface area contributed by atoms with E-state index in [4.69, 9.17) is 4.74 Å². The molecular formula is C18H23NO6. The predicted molar refractivity (Wildman–Crippen MR) is 90.9 cm³/mol. The molecule has 1 aliphatic carbocycles. The van der Waals surface area contributed by atoms with E-state index in [-0.39, 0.29) is 41.8 Å². The normalized spacial score (nSPS) is 26.2. The number of ether oxygens (including phenoxy) is 1. The summed E-state index contributed by atoms with van der Waals surface area (Å²) in [6.07, 6.45) is 0.566. The lowest BCUT2D eigenvalue weighted by Crippen LogP contribution is -2.43. The maximum Gasteiger partial charge on any atom is 0.157 e. The number of phenolic OH excluding ortho intramolecular Hbond substituents is 2. The summed E-state index contributed by atoms with van der Waals surface area (Å²) in [6.45, 7) is 0.438. The van der Waals surface area contributed by atoms with E-state index in [1.165, 1.54) is 12.1 Å². The van der Waals surface area contributed by atoms with Gasteiger partial charge in [-0.3, -0.25) is 0 Å². The van der Waals surface area contributed by atoms with Crippen LogP contribution >= 0.6 is 0 Å². The first kappa shape index (κ1) is 17.4. The minimum atomic E-state index is -0.891. The van der Waals surface area contributed by atoms with E-state index in [2.05, 4.69) is 0 Å². The van der Waals surface area contributed by atoms with Crippen molar-refractivity contribution in [1.82, 2.24) is 4.90 Å². The van der Waals surface area contributed by atoms with Gasteiger partial charge in [0.05, 0.1) is 6.10 Å². The molecule has 0 bridgehead atoms. The highest BCUT2D eigenvalue weighted by molar-refractivity contribution is 5.51. The summed E-state index contributed by atoms with van der Waals surface area (Å²) in [6, 6.07) is 2.60. The molecule has 0 radical (unpaired) electrons. The van der Waals surface area contributed by atoms with Crippen molar-refractivity contribution < 1.29 is 30.3 Å². The topological polar surface area (TPSA) is 114 Å². The lowest BCUT2D eigenvalue weighted by atomic mass is 9.83. The second-order valence-corrected chi connectivity index (χ2v) is 6.89. The number of likely N-dealkylation sites (N-methyl/N-ethyl adjacent to an activating group) is 1. The van der Waals surface area contributed by atoms with Gasteiger partial charge in [0, 0.05) is 48.6 Å². The van der Waals surface area contributed by atoms with Gasteiger partial charge in [0.25, 0.3) is 0 Å². The van der Waals surface area contributed by atoms with Crippen molar-refractivity contribution in [3.05, 3.63) is 40.9 Å². The Hall–Kier alpha value is -2.38. The van der Waals surface area contributed by atoms with Crippen LogP contribution in [0.15, 0.2) is 35.3 Å². The second-order valence-electron chi connectivity index (χ2n) is 6.89. The lowest BCUT2D eigenvalue weighted by molar-refractivity contribution is -0.00546. The van der Waals surface area contributed by atoms with Crippen LogP contribution in [0.2, 0.25) is 0 Å². The Labute approximate surface area is 145 Å². The molecule has 2 aliphatic rings. The highest BCUT2D eigenvalue weighted by atomic mass is 16.5. The van der Waals surface area contributed by atoms with Crippen LogP contribution in [0.1, 0.15) is 12.0 Å². The Balaban J connectivity index is 1.90. The van der Waals surface area contributed by atoms with E-state index in [1.807, 2.05) is 19.0 Å². The van der Waals surface area contributed by atoms with Crippen LogP contribution in [0.4, 0.5) is 0 Å². The van der Waals surface area contributed by atoms with Gasteiger partial charge in [0.2, 0.25) is 0 Å². The van der Waals surface area contributed by atoms with Crippen molar-refractivity contribution in [3.8, 4) is 17.2 Å². The zero-order valence-electron chi connectivity index (χ0n) is 14.2. The van der Waals surface area contributed by atoms with E-state index in [1.54, 1.807) is 6.08 Å². The van der Waals surface area contributed by atoms with E-state index < -0.39 is 12.2 Å². The van der Waals surface area contributed by atoms with Gasteiger partial charge < -0.3 is 35.2 Å². The number of benzene rings is 1. The Morgan fingerprint density at radius 2 is 1.84 bits per heavy atom. The molecule has 1 aromatic rings. The quantitative estimate of drug-likeness (QED) is 0.563. The molecule has 1 aliphatic heterocycles. The van der Waals surface area contributed by atoms with Crippen molar-refractivity contribution in [2.75, 3.05) is 20.6 Å². The van der Waals surface area contributed by atoms with Gasteiger partial charge in [0.15, 0.2) is 5.76 Å². The van der Waals surface area contributed by atoms with Crippen LogP contribution in [0, 0.1) is 5.92 Å². The van der Waals surface area contributed by atoms with Crippen LogP contribution < -0.4 is 4.74 Å². The third-order valence-electron chi connectivity index (χ3n) is 4.56. The number of allylic oxidation sites excluding steroid dienone is 1. The zero-order valence-corrected chi connectivity index (χ0v) is 14.2. The Morgan fingerprint density at radius 3 is 2.52 bits per heavy atom. The molecule has 0 fully saturated rings. The maximum atomic E-state index is 10.5. The van der Waals surface area contributed by atoms with Crippen LogP contribution in [0.5, 0.6) is 17.2 Å². The number of hydrogen-bond acceptors (Lipinski definition) is 7. The summed E-state index contributed by atoms with van der Waals surface area (Å²) in [5, 5.41) is 50.2. The highest BCUT2D eigenvalue weighted by Gasteiger charge is 2.38. The minimum absolute atomic E-state index is 0.125. The smallest absolute Gasteiger partial charge is 0.157 e. The molecule has 7 nitrogen and oxygen atoms in total. The zero-order chi connectivity index (χ0) is 18.3. The molecule has 5 N–H and O–H groups in total. The van der Waals surface area contributed by atoms with Gasteiger partial charge in [0.1, 0.15) is 29.1 Å². The fraction of sp³-hybridized carbons (Fsp3) is 0.444. The number of aromatic hydroxyl groups is 2. The summed E-state index contributed by atoms with van der Waals surface area (Å²) in [7, 11) is 3.70. The molecule has 3 atom stereocenters. The van der Waals surface area contributed by atoms with Crippen LogP contribution in [-0.2, 0) is 6.42 Å². The third-order valence-corrected chi connectivity index (χ3v) is 4.56. The molecule has 1 heterocycles. The van der Waals surface area contributed by atoms with Gasteiger partial charge in [-0.25, -0.2) is 0 Å². The summed E-state index contributed by atoms with van der Waals surface area (Å²) >= 11 is 0. The Bertz CT molecular complexity index is 739. The molecule has 136 valence electrons. The number of aliphatic hydroxyl groups is 3. The summed E-state index contributed by atoms with van der Waals surface area (Å²) in [5.74, 6) is -0.553. The maximum absolute atomic E-state index is 10.5. The second kappa shape index (κ2) is 6.50. The average molecular weight is 349 g/mol. The molecule has 3 rings (SSSR count). The lowest BCUT2D eigenvalue weighted by Gasteiger charge is -2.36. The van der Waals surface area contributed by atoms with E-state index in [0.29, 0.717) is 23.4 Å². The standard InChI is InChI=1S/C18H23NO6/c1-19(2)8-10-3-9(4-14(22)17(10)24)18-15(23)7-12-13(21)5-11(20)6-16(12)25-18/h3,5-6,9,15,18,20-24H,4,7-8H2,1-2H3/t9?,15-,18+/m0/s1. The third kappa shape index (κ3) is 3.38. The molecule has 7 heteroatoms. The molecule has 0 aromatic heterocycles. The van der Waals surface area contributed by atoms with Gasteiger partial charge in [-0.05, 0) is 14.1 Å². The van der Waals surface area contributed by atoms with Crippen molar-refractivity contribution in [2.24, 2.45) is 5.92 Å². The monoisotopic (exact) mass is 349 g/mol. The van der Waals surface area contributed by atoms with E-state index in [9.17, 15) is 25.5 Å². The van der Waals surface area contributed by atoms with Crippen molar-refractivity contribution in [1.29, 1.82) is 0 Å². The summed E-state index contributed by atoms with van der Waals surface area (Å²) in [5.41, 5.74) is 1.01. The Morgan fingerprint density at radius 1 is 1.12 bits per heavy atom. The predicted octanol–water partition coefficient (Wildman–Crippen LogP) is 1.60. The molecule has 0 saturated carbocycles. The molecule has 0 saturated heterocycles. The SMILES string of the molecule is CN(C)CC1=CC([C@H]2Oc3cc(O)cc(O)c3C[C@@H]2O)CC(O)=C1O. The van der Waals surface area contributed by atoms with Gasteiger partial charge in [-0.1, -0.05) is 6.08 Å². The van der Waals surface area contributed by atoms with Crippen molar-refractivity contribution >= 4 is 0 Å². The molecular weight excluding hydrogens is 326 g/mol. The first-order valence-electron chi connectivity index (χ1n) is 8.12. The molecule has 0 amide bonds. The number of hydrogen-bond donors (Lipinski definition) is 5. The molecule has 1 aromatic carbocycles. The van der Waals surface area contributed by atoms with Crippen molar-refractivity contribution in [2.45, 2.75) is 25.0 Å². The Kier molecular flexibility index (Phi) is 4.53. The number of aliphatic hydroxyl groups excluding tert-OH is 3.